The van der Waals surface area contributed by atoms with Crippen LogP contribution in [0, 0.1) is 11.8 Å². The smallest absolute Gasteiger partial charge is 0.223 e. The molecule has 0 atom stereocenters. The summed E-state index contributed by atoms with van der Waals surface area (Å²) in [4.78, 5) is 22.0. The molecule has 1 N–H and O–H groups in total. The topological polar surface area (TPSA) is 48.5 Å². The minimum Gasteiger partial charge on any atom is -0.352 e. The lowest BCUT2D eigenvalue weighted by Crippen LogP contribution is -2.49. The molecule has 29 heavy (non-hydrogen) atoms. The fourth-order valence-electron chi connectivity index (χ4n) is 5.56. The summed E-state index contributed by atoms with van der Waals surface area (Å²) in [6.45, 7) is 6.63. The maximum absolute atomic E-state index is 12.5. The molecule has 0 bridgehead atoms. The molecule has 0 radical (unpaired) electrons. The Kier molecular flexibility index (Phi) is 7.55. The zero-order valence-corrected chi connectivity index (χ0v) is 17.9. The van der Waals surface area contributed by atoms with Gasteiger partial charge in [0.15, 0.2) is 0 Å². The summed E-state index contributed by atoms with van der Waals surface area (Å²) in [5.41, 5.74) is 1.07. The van der Waals surface area contributed by atoms with Gasteiger partial charge in [0.25, 0.3) is 0 Å². The summed E-state index contributed by atoms with van der Waals surface area (Å²) in [5, 5.41) is 3.10. The standard InChI is InChI=1S/C24H38N4O/c29-24(26-18-21-7-4-12-25-17-21)22-8-15-28(16-9-22)23-10-13-27(14-11-23)19-20-5-2-1-3-6-20/h4,7,12,17,20,22-23H,1-3,5-6,8-11,13-16,18-19H2,(H,26,29). The van der Waals surface area contributed by atoms with E-state index in [2.05, 4.69) is 20.1 Å². The first-order valence-electron chi connectivity index (χ1n) is 11.9. The predicted molar refractivity (Wildman–Crippen MR) is 116 cm³/mol. The van der Waals surface area contributed by atoms with Crippen molar-refractivity contribution < 1.29 is 4.79 Å². The van der Waals surface area contributed by atoms with Crippen LogP contribution in [0.25, 0.3) is 0 Å². The van der Waals surface area contributed by atoms with E-state index in [1.807, 2.05) is 18.3 Å². The second kappa shape index (κ2) is 10.5. The molecule has 1 aliphatic carbocycles. The van der Waals surface area contributed by atoms with E-state index in [1.165, 1.54) is 64.6 Å². The van der Waals surface area contributed by atoms with E-state index >= 15 is 0 Å². The van der Waals surface area contributed by atoms with Crippen molar-refractivity contribution in [1.29, 1.82) is 0 Å². The fourth-order valence-corrected chi connectivity index (χ4v) is 5.56. The van der Waals surface area contributed by atoms with Gasteiger partial charge in [-0.05, 0) is 82.3 Å². The van der Waals surface area contributed by atoms with Crippen LogP contribution < -0.4 is 5.32 Å². The third-order valence-electron chi connectivity index (χ3n) is 7.40. The SMILES string of the molecule is O=C(NCc1cccnc1)C1CCN(C2CCN(CC3CCCCC3)CC2)CC1. The molecule has 2 aliphatic heterocycles. The number of aromatic nitrogens is 1. The van der Waals surface area contributed by atoms with Gasteiger partial charge in [-0.1, -0.05) is 25.3 Å². The van der Waals surface area contributed by atoms with Crippen LogP contribution in [0.5, 0.6) is 0 Å². The molecular weight excluding hydrogens is 360 g/mol. The fraction of sp³-hybridized carbons (Fsp3) is 0.750. The Labute approximate surface area is 176 Å². The maximum atomic E-state index is 12.5. The lowest BCUT2D eigenvalue weighted by molar-refractivity contribution is -0.126. The quantitative estimate of drug-likeness (QED) is 0.797. The molecule has 1 amide bonds. The molecular formula is C24H38N4O. The number of piperidine rings is 2. The minimum atomic E-state index is 0.175. The molecule has 2 saturated heterocycles. The molecule has 3 heterocycles. The lowest BCUT2D eigenvalue weighted by atomic mass is 9.88. The van der Waals surface area contributed by atoms with Crippen molar-refractivity contribution in [3.63, 3.8) is 0 Å². The number of hydrogen-bond donors (Lipinski definition) is 1. The van der Waals surface area contributed by atoms with Crippen molar-refractivity contribution in [3.05, 3.63) is 30.1 Å². The van der Waals surface area contributed by atoms with E-state index in [9.17, 15) is 4.79 Å². The van der Waals surface area contributed by atoms with E-state index in [-0.39, 0.29) is 11.8 Å². The van der Waals surface area contributed by atoms with Gasteiger partial charge in [0.05, 0.1) is 0 Å². The zero-order valence-electron chi connectivity index (χ0n) is 17.9. The average molecular weight is 399 g/mol. The Bertz CT molecular complexity index is 615. The van der Waals surface area contributed by atoms with Gasteiger partial charge in [0.2, 0.25) is 5.91 Å². The summed E-state index contributed by atoms with van der Waals surface area (Å²) in [6.07, 6.45) is 15.5. The van der Waals surface area contributed by atoms with Crippen LogP contribution in [0.2, 0.25) is 0 Å². The second-order valence-electron chi connectivity index (χ2n) is 9.43. The Hall–Kier alpha value is -1.46. The van der Waals surface area contributed by atoms with Gasteiger partial charge in [0.1, 0.15) is 0 Å². The van der Waals surface area contributed by atoms with E-state index in [0.717, 1.165) is 43.5 Å². The molecule has 0 aromatic carbocycles. The molecule has 1 aromatic heterocycles. The third kappa shape index (κ3) is 6.02. The monoisotopic (exact) mass is 398 g/mol. The van der Waals surface area contributed by atoms with Crippen LogP contribution in [0.1, 0.15) is 63.4 Å². The van der Waals surface area contributed by atoms with E-state index in [0.29, 0.717) is 6.54 Å². The number of carbonyl (C=O) groups excluding carboxylic acids is 1. The summed E-state index contributed by atoms with van der Waals surface area (Å²) < 4.78 is 0. The molecule has 3 aliphatic rings. The molecule has 1 aromatic rings. The molecule has 1 saturated carbocycles. The average Bonchev–Trinajstić information content (AvgIpc) is 2.79. The van der Waals surface area contributed by atoms with Gasteiger partial charge in [-0.25, -0.2) is 0 Å². The lowest BCUT2D eigenvalue weighted by Gasteiger charge is -2.42. The number of pyridine rings is 1. The van der Waals surface area contributed by atoms with E-state index in [4.69, 9.17) is 0 Å². The summed E-state index contributed by atoms with van der Waals surface area (Å²) in [5.74, 6) is 1.35. The molecule has 0 unspecified atom stereocenters. The van der Waals surface area contributed by atoms with E-state index in [1.54, 1.807) is 6.20 Å². The van der Waals surface area contributed by atoms with Gasteiger partial charge < -0.3 is 15.1 Å². The van der Waals surface area contributed by atoms with Crippen molar-refractivity contribution in [1.82, 2.24) is 20.1 Å². The molecule has 5 nitrogen and oxygen atoms in total. The summed E-state index contributed by atoms with van der Waals surface area (Å²) >= 11 is 0. The molecule has 160 valence electrons. The molecule has 5 heteroatoms. The number of hydrogen-bond acceptors (Lipinski definition) is 4. The minimum absolute atomic E-state index is 0.175. The number of amides is 1. The second-order valence-corrected chi connectivity index (χ2v) is 9.43. The van der Waals surface area contributed by atoms with Gasteiger partial charge in [-0.15, -0.1) is 0 Å². The van der Waals surface area contributed by atoms with Crippen molar-refractivity contribution >= 4 is 5.91 Å². The summed E-state index contributed by atoms with van der Waals surface area (Å²) in [6, 6.07) is 4.66. The molecule has 0 spiro atoms. The normalized spacial score (nSPS) is 23.9. The maximum Gasteiger partial charge on any atom is 0.223 e. The highest BCUT2D eigenvalue weighted by atomic mass is 16.1. The Morgan fingerprint density at radius 1 is 1.00 bits per heavy atom. The number of nitrogens with one attached hydrogen (secondary N) is 1. The van der Waals surface area contributed by atoms with Crippen LogP contribution in [-0.4, -0.2) is 59.5 Å². The first kappa shape index (κ1) is 20.8. The predicted octanol–water partition coefficient (Wildman–Crippen LogP) is 3.45. The van der Waals surface area contributed by atoms with Crippen LogP contribution in [0.15, 0.2) is 24.5 Å². The highest BCUT2D eigenvalue weighted by molar-refractivity contribution is 5.78. The Morgan fingerprint density at radius 2 is 1.76 bits per heavy atom. The first-order valence-corrected chi connectivity index (χ1v) is 11.9. The van der Waals surface area contributed by atoms with E-state index < -0.39 is 0 Å². The van der Waals surface area contributed by atoms with Gasteiger partial charge in [-0.3, -0.25) is 9.78 Å². The molecule has 4 rings (SSSR count). The number of rotatable bonds is 6. The molecule has 3 fully saturated rings. The Balaban J connectivity index is 1.14. The van der Waals surface area contributed by atoms with Crippen molar-refractivity contribution in [3.8, 4) is 0 Å². The van der Waals surface area contributed by atoms with Crippen LogP contribution in [0.4, 0.5) is 0 Å². The van der Waals surface area contributed by atoms with Gasteiger partial charge in [0, 0.05) is 37.4 Å². The summed E-state index contributed by atoms with van der Waals surface area (Å²) in [7, 11) is 0. The first-order chi connectivity index (χ1) is 14.3. The van der Waals surface area contributed by atoms with Crippen molar-refractivity contribution in [2.24, 2.45) is 11.8 Å². The number of carbonyl (C=O) groups is 1. The van der Waals surface area contributed by atoms with Gasteiger partial charge in [-0.2, -0.15) is 0 Å². The van der Waals surface area contributed by atoms with Crippen molar-refractivity contribution in [2.75, 3.05) is 32.7 Å². The highest BCUT2D eigenvalue weighted by Gasteiger charge is 2.31. The third-order valence-corrected chi connectivity index (χ3v) is 7.40. The highest BCUT2D eigenvalue weighted by Crippen LogP contribution is 2.27. The Morgan fingerprint density at radius 3 is 2.45 bits per heavy atom. The van der Waals surface area contributed by atoms with Crippen LogP contribution in [-0.2, 0) is 11.3 Å². The largest absolute Gasteiger partial charge is 0.352 e. The zero-order chi connectivity index (χ0) is 19.9. The number of nitrogens with zero attached hydrogens (tertiary/aromatic N) is 3. The van der Waals surface area contributed by atoms with Crippen LogP contribution >= 0.6 is 0 Å². The van der Waals surface area contributed by atoms with Crippen molar-refractivity contribution in [2.45, 2.75) is 70.4 Å². The van der Waals surface area contributed by atoms with Gasteiger partial charge >= 0.3 is 0 Å². The number of likely N-dealkylation sites (tertiary alicyclic amines) is 2. The van der Waals surface area contributed by atoms with Crippen LogP contribution in [0.3, 0.4) is 0 Å².